The Labute approximate surface area is 166 Å². The van der Waals surface area contributed by atoms with E-state index in [2.05, 4.69) is 0 Å². The summed E-state index contributed by atoms with van der Waals surface area (Å²) >= 11 is 0. The van der Waals surface area contributed by atoms with Gasteiger partial charge in [0.25, 0.3) is 0 Å². The molecular formula is C20H18FN3O5. The lowest BCUT2D eigenvalue weighted by Crippen LogP contribution is -2.42. The molecule has 0 aliphatic carbocycles. The SMILES string of the molecule is COc1ccc(N2C(=O)C(=O)N(CC(=O)N(C)Cc3cccc(F)c3)C2=O)cc1. The Kier molecular flexibility index (Phi) is 5.58. The number of imide groups is 2. The number of amides is 5. The van der Waals surface area contributed by atoms with Crippen LogP contribution in [0.3, 0.4) is 0 Å². The molecule has 2 aromatic carbocycles. The summed E-state index contributed by atoms with van der Waals surface area (Å²) in [6.07, 6.45) is 0. The minimum absolute atomic E-state index is 0.0863. The highest BCUT2D eigenvalue weighted by Crippen LogP contribution is 2.24. The van der Waals surface area contributed by atoms with E-state index in [-0.39, 0.29) is 12.2 Å². The Morgan fingerprint density at radius 3 is 2.38 bits per heavy atom. The van der Waals surface area contributed by atoms with Gasteiger partial charge in [-0.05, 0) is 42.0 Å². The van der Waals surface area contributed by atoms with Gasteiger partial charge in [-0.25, -0.2) is 19.0 Å². The van der Waals surface area contributed by atoms with E-state index >= 15 is 0 Å². The topological polar surface area (TPSA) is 87.2 Å². The Balaban J connectivity index is 1.71. The van der Waals surface area contributed by atoms with Gasteiger partial charge in [0.1, 0.15) is 18.1 Å². The molecule has 1 saturated heterocycles. The quantitative estimate of drug-likeness (QED) is 0.546. The van der Waals surface area contributed by atoms with Crippen LogP contribution in [-0.2, 0) is 20.9 Å². The fourth-order valence-electron chi connectivity index (χ4n) is 2.86. The maximum atomic E-state index is 13.3. The average Bonchev–Trinajstić information content (AvgIpc) is 2.91. The first kappa shape index (κ1) is 20.0. The minimum atomic E-state index is -1.08. The van der Waals surface area contributed by atoms with E-state index < -0.39 is 36.1 Å². The molecule has 29 heavy (non-hydrogen) atoms. The third-order valence-corrected chi connectivity index (χ3v) is 4.41. The lowest BCUT2D eigenvalue weighted by Gasteiger charge is -2.20. The van der Waals surface area contributed by atoms with Crippen LogP contribution in [0.2, 0.25) is 0 Å². The summed E-state index contributed by atoms with van der Waals surface area (Å²) in [5, 5.41) is 0. The van der Waals surface area contributed by atoms with Gasteiger partial charge in [-0.1, -0.05) is 12.1 Å². The van der Waals surface area contributed by atoms with Gasteiger partial charge in [0, 0.05) is 13.6 Å². The number of likely N-dealkylation sites (N-methyl/N-ethyl adjacent to an activating group) is 1. The van der Waals surface area contributed by atoms with Crippen LogP contribution >= 0.6 is 0 Å². The first-order chi connectivity index (χ1) is 13.8. The maximum absolute atomic E-state index is 13.3. The molecule has 1 fully saturated rings. The first-order valence-electron chi connectivity index (χ1n) is 8.64. The normalized spacial score (nSPS) is 13.8. The summed E-state index contributed by atoms with van der Waals surface area (Å²) in [4.78, 5) is 52.1. The monoisotopic (exact) mass is 399 g/mol. The molecule has 0 aromatic heterocycles. The number of hydrogen-bond acceptors (Lipinski definition) is 5. The number of halogens is 1. The molecule has 0 saturated carbocycles. The van der Waals surface area contributed by atoms with Gasteiger partial charge in [0.05, 0.1) is 12.8 Å². The summed E-state index contributed by atoms with van der Waals surface area (Å²) in [5.41, 5.74) is 0.744. The van der Waals surface area contributed by atoms with Crippen LogP contribution in [0.25, 0.3) is 0 Å². The molecule has 0 N–H and O–H groups in total. The second kappa shape index (κ2) is 8.09. The summed E-state index contributed by atoms with van der Waals surface area (Å²) in [6, 6.07) is 10.8. The summed E-state index contributed by atoms with van der Waals surface area (Å²) < 4.78 is 18.3. The number of methoxy groups -OCH3 is 1. The van der Waals surface area contributed by atoms with Crippen LogP contribution in [0.15, 0.2) is 48.5 Å². The smallest absolute Gasteiger partial charge is 0.339 e. The van der Waals surface area contributed by atoms with Crippen molar-refractivity contribution in [2.75, 3.05) is 25.6 Å². The number of hydrogen-bond donors (Lipinski definition) is 0. The van der Waals surface area contributed by atoms with Crippen molar-refractivity contribution in [1.82, 2.24) is 9.80 Å². The number of anilines is 1. The molecule has 1 heterocycles. The first-order valence-corrected chi connectivity index (χ1v) is 8.64. The highest BCUT2D eigenvalue weighted by molar-refractivity contribution is 6.53. The van der Waals surface area contributed by atoms with Crippen molar-refractivity contribution < 1.29 is 28.3 Å². The van der Waals surface area contributed by atoms with Crippen LogP contribution in [0.5, 0.6) is 5.75 Å². The summed E-state index contributed by atoms with van der Waals surface area (Å²) in [5.74, 6) is -2.61. The predicted octanol–water partition coefficient (Wildman–Crippen LogP) is 1.79. The molecule has 9 heteroatoms. The van der Waals surface area contributed by atoms with Crippen molar-refractivity contribution in [1.29, 1.82) is 0 Å². The third-order valence-electron chi connectivity index (χ3n) is 4.41. The molecule has 1 aliphatic heterocycles. The van der Waals surface area contributed by atoms with Gasteiger partial charge in [-0.3, -0.25) is 14.4 Å². The van der Waals surface area contributed by atoms with E-state index in [1.807, 2.05) is 0 Å². The second-order valence-electron chi connectivity index (χ2n) is 6.39. The third kappa shape index (κ3) is 4.08. The zero-order chi connectivity index (χ0) is 21.1. The summed E-state index contributed by atoms with van der Waals surface area (Å²) in [7, 11) is 2.93. The lowest BCUT2D eigenvalue weighted by atomic mass is 10.2. The Morgan fingerprint density at radius 1 is 1.07 bits per heavy atom. The molecule has 0 radical (unpaired) electrons. The predicted molar refractivity (Wildman–Crippen MR) is 100 cm³/mol. The summed E-state index contributed by atoms with van der Waals surface area (Å²) in [6.45, 7) is -0.509. The van der Waals surface area contributed by atoms with Crippen LogP contribution in [0, 0.1) is 5.82 Å². The van der Waals surface area contributed by atoms with E-state index in [1.165, 1.54) is 49.4 Å². The molecule has 150 valence electrons. The Bertz CT molecular complexity index is 976. The molecule has 2 aromatic rings. The van der Waals surface area contributed by atoms with Crippen molar-refractivity contribution in [3.63, 3.8) is 0 Å². The number of urea groups is 1. The minimum Gasteiger partial charge on any atom is -0.497 e. The van der Waals surface area contributed by atoms with Gasteiger partial charge in [-0.15, -0.1) is 0 Å². The van der Waals surface area contributed by atoms with Gasteiger partial charge < -0.3 is 9.64 Å². The van der Waals surface area contributed by atoms with E-state index in [1.54, 1.807) is 18.2 Å². The molecule has 0 unspecified atom stereocenters. The standard InChI is InChI=1S/C20H18FN3O5/c1-22(11-13-4-3-5-14(21)10-13)17(25)12-23-18(26)19(27)24(20(23)28)15-6-8-16(29-2)9-7-15/h3-10H,11-12H2,1-2H3. The highest BCUT2D eigenvalue weighted by Gasteiger charge is 2.46. The van der Waals surface area contributed by atoms with E-state index in [0.717, 1.165) is 0 Å². The number of carbonyl (C=O) groups excluding carboxylic acids is 4. The molecular weight excluding hydrogens is 381 g/mol. The molecule has 8 nitrogen and oxygen atoms in total. The lowest BCUT2D eigenvalue weighted by molar-refractivity contribution is -0.142. The average molecular weight is 399 g/mol. The molecule has 0 atom stereocenters. The second-order valence-corrected chi connectivity index (χ2v) is 6.39. The van der Waals surface area contributed by atoms with E-state index in [0.29, 0.717) is 21.1 Å². The molecule has 0 bridgehead atoms. The fourth-order valence-corrected chi connectivity index (χ4v) is 2.86. The van der Waals surface area contributed by atoms with Gasteiger partial charge in [0.15, 0.2) is 0 Å². The number of carbonyl (C=O) groups is 4. The molecule has 3 rings (SSSR count). The Hall–Kier alpha value is -3.75. The van der Waals surface area contributed by atoms with Crippen molar-refractivity contribution >= 4 is 29.4 Å². The Morgan fingerprint density at radius 2 is 1.76 bits per heavy atom. The zero-order valence-electron chi connectivity index (χ0n) is 15.8. The van der Waals surface area contributed by atoms with Crippen LogP contribution < -0.4 is 9.64 Å². The van der Waals surface area contributed by atoms with Gasteiger partial charge >= 0.3 is 17.8 Å². The maximum Gasteiger partial charge on any atom is 0.339 e. The molecule has 1 aliphatic rings. The number of ether oxygens (including phenoxy) is 1. The van der Waals surface area contributed by atoms with Crippen LogP contribution in [-0.4, -0.2) is 54.3 Å². The van der Waals surface area contributed by atoms with Crippen LogP contribution in [0.4, 0.5) is 14.9 Å². The molecule has 5 amide bonds. The van der Waals surface area contributed by atoms with Gasteiger partial charge in [0.2, 0.25) is 5.91 Å². The molecule has 0 spiro atoms. The van der Waals surface area contributed by atoms with Crippen molar-refractivity contribution in [3.8, 4) is 5.75 Å². The van der Waals surface area contributed by atoms with Crippen molar-refractivity contribution in [3.05, 3.63) is 59.9 Å². The van der Waals surface area contributed by atoms with E-state index in [9.17, 15) is 23.6 Å². The number of rotatable bonds is 6. The highest BCUT2D eigenvalue weighted by atomic mass is 19.1. The fraction of sp³-hybridized carbons (Fsp3) is 0.200. The van der Waals surface area contributed by atoms with E-state index in [4.69, 9.17) is 4.74 Å². The van der Waals surface area contributed by atoms with Crippen molar-refractivity contribution in [2.45, 2.75) is 6.54 Å². The zero-order valence-corrected chi connectivity index (χ0v) is 15.8. The number of nitrogens with zero attached hydrogens (tertiary/aromatic N) is 3. The largest absolute Gasteiger partial charge is 0.497 e. The van der Waals surface area contributed by atoms with Crippen LogP contribution in [0.1, 0.15) is 5.56 Å². The van der Waals surface area contributed by atoms with Gasteiger partial charge in [-0.2, -0.15) is 0 Å². The number of benzene rings is 2. The van der Waals surface area contributed by atoms with Crippen molar-refractivity contribution in [2.24, 2.45) is 0 Å².